The Morgan fingerprint density at radius 2 is 1.59 bits per heavy atom. The van der Waals surface area contributed by atoms with Crippen molar-refractivity contribution in [3.63, 3.8) is 0 Å². The molecule has 0 saturated carbocycles. The Kier molecular flexibility index (Phi) is 7.76. The summed E-state index contributed by atoms with van der Waals surface area (Å²) in [6.07, 6.45) is 0.813. The predicted octanol–water partition coefficient (Wildman–Crippen LogP) is 6.05. The Bertz CT molecular complexity index is 931. The van der Waals surface area contributed by atoms with Crippen LogP contribution in [-0.4, -0.2) is 13.7 Å². The molecule has 0 atom stereocenters. The number of rotatable bonds is 9. The summed E-state index contributed by atoms with van der Waals surface area (Å²) in [4.78, 5) is 0. The summed E-state index contributed by atoms with van der Waals surface area (Å²) in [5.74, 6) is 0.878. The summed E-state index contributed by atoms with van der Waals surface area (Å²) in [6.45, 7) is 1.76. The van der Waals surface area contributed by atoms with Crippen molar-refractivity contribution in [1.29, 1.82) is 0 Å². The highest BCUT2D eigenvalue weighted by molar-refractivity contribution is 6.32. The standard InChI is InChI=1S/C23H22Cl2FNO2/c1-28-22-13-18(14-27-11-10-16-4-8-20(26)9-5-16)12-21(25)23(22)29-15-17-2-6-19(24)7-3-17/h2-9,12-13,27H,10-11,14-15H2,1H3. The fourth-order valence-corrected chi connectivity index (χ4v) is 3.28. The molecule has 0 radical (unpaired) electrons. The van der Waals surface area contributed by atoms with Crippen LogP contribution in [0.15, 0.2) is 60.7 Å². The molecule has 0 amide bonds. The summed E-state index contributed by atoms with van der Waals surface area (Å²) in [5.41, 5.74) is 3.06. The van der Waals surface area contributed by atoms with Crippen LogP contribution in [0.3, 0.4) is 0 Å². The highest BCUT2D eigenvalue weighted by atomic mass is 35.5. The smallest absolute Gasteiger partial charge is 0.180 e. The van der Waals surface area contributed by atoms with Gasteiger partial charge >= 0.3 is 0 Å². The second-order valence-electron chi connectivity index (χ2n) is 6.58. The normalized spacial score (nSPS) is 10.8. The minimum atomic E-state index is -0.221. The van der Waals surface area contributed by atoms with E-state index in [-0.39, 0.29) is 5.82 Å². The molecule has 0 unspecified atom stereocenters. The lowest BCUT2D eigenvalue weighted by molar-refractivity contribution is 0.284. The van der Waals surface area contributed by atoms with Crippen LogP contribution in [0.1, 0.15) is 16.7 Å². The van der Waals surface area contributed by atoms with Gasteiger partial charge in [-0.3, -0.25) is 0 Å². The van der Waals surface area contributed by atoms with Gasteiger partial charge in [0.05, 0.1) is 12.1 Å². The van der Waals surface area contributed by atoms with E-state index in [9.17, 15) is 4.39 Å². The third-order valence-corrected chi connectivity index (χ3v) is 4.95. The van der Waals surface area contributed by atoms with Gasteiger partial charge < -0.3 is 14.8 Å². The van der Waals surface area contributed by atoms with Crippen molar-refractivity contribution in [2.75, 3.05) is 13.7 Å². The summed E-state index contributed by atoms with van der Waals surface area (Å²) in [6, 6.07) is 17.8. The molecule has 0 aliphatic carbocycles. The molecule has 0 bridgehead atoms. The molecule has 3 aromatic rings. The van der Waals surface area contributed by atoms with Crippen LogP contribution in [0.4, 0.5) is 4.39 Å². The van der Waals surface area contributed by atoms with Gasteiger partial charge in [0.1, 0.15) is 12.4 Å². The number of hydrogen-bond donors (Lipinski definition) is 1. The monoisotopic (exact) mass is 433 g/mol. The fourth-order valence-electron chi connectivity index (χ4n) is 2.87. The summed E-state index contributed by atoms with van der Waals surface area (Å²) in [7, 11) is 1.59. The minimum absolute atomic E-state index is 0.221. The molecule has 0 aliphatic heterocycles. The number of ether oxygens (including phenoxy) is 2. The molecule has 0 saturated heterocycles. The third kappa shape index (κ3) is 6.36. The van der Waals surface area contributed by atoms with Crippen molar-refractivity contribution in [1.82, 2.24) is 5.32 Å². The first-order valence-electron chi connectivity index (χ1n) is 9.24. The molecule has 0 heterocycles. The number of halogens is 3. The van der Waals surface area contributed by atoms with E-state index >= 15 is 0 Å². The molecule has 0 fully saturated rings. The zero-order valence-corrected chi connectivity index (χ0v) is 17.6. The number of methoxy groups -OCH3 is 1. The van der Waals surface area contributed by atoms with Crippen LogP contribution in [0, 0.1) is 5.82 Å². The van der Waals surface area contributed by atoms with E-state index < -0.39 is 0 Å². The topological polar surface area (TPSA) is 30.5 Å². The van der Waals surface area contributed by atoms with Gasteiger partial charge in [0, 0.05) is 11.6 Å². The largest absolute Gasteiger partial charge is 0.493 e. The molecule has 6 heteroatoms. The van der Waals surface area contributed by atoms with Crippen molar-refractivity contribution in [2.45, 2.75) is 19.6 Å². The lowest BCUT2D eigenvalue weighted by Gasteiger charge is -2.15. The van der Waals surface area contributed by atoms with Crippen molar-refractivity contribution < 1.29 is 13.9 Å². The molecule has 29 heavy (non-hydrogen) atoms. The molecule has 3 nitrogen and oxygen atoms in total. The average molecular weight is 434 g/mol. The van der Waals surface area contributed by atoms with E-state index in [1.165, 1.54) is 12.1 Å². The van der Waals surface area contributed by atoms with Crippen LogP contribution < -0.4 is 14.8 Å². The minimum Gasteiger partial charge on any atom is -0.493 e. The zero-order valence-electron chi connectivity index (χ0n) is 16.1. The second-order valence-corrected chi connectivity index (χ2v) is 7.42. The van der Waals surface area contributed by atoms with Crippen molar-refractivity contribution in [3.8, 4) is 11.5 Å². The first kappa shape index (κ1) is 21.4. The Labute approximate surface area is 180 Å². The maximum Gasteiger partial charge on any atom is 0.180 e. The van der Waals surface area contributed by atoms with Crippen molar-refractivity contribution >= 4 is 23.2 Å². The Hall–Kier alpha value is -2.27. The Morgan fingerprint density at radius 3 is 2.28 bits per heavy atom. The maximum absolute atomic E-state index is 13.0. The van der Waals surface area contributed by atoms with Gasteiger partial charge in [0.25, 0.3) is 0 Å². The van der Waals surface area contributed by atoms with Crippen LogP contribution >= 0.6 is 23.2 Å². The van der Waals surface area contributed by atoms with E-state index in [2.05, 4.69) is 5.32 Å². The van der Waals surface area contributed by atoms with Gasteiger partial charge in [-0.25, -0.2) is 4.39 Å². The SMILES string of the molecule is COc1cc(CNCCc2ccc(F)cc2)cc(Cl)c1OCc1ccc(Cl)cc1. The molecule has 152 valence electrons. The van der Waals surface area contributed by atoms with Gasteiger partial charge in [-0.2, -0.15) is 0 Å². The van der Waals surface area contributed by atoms with E-state index in [1.54, 1.807) is 19.2 Å². The predicted molar refractivity (Wildman–Crippen MR) is 116 cm³/mol. The van der Waals surface area contributed by atoms with Gasteiger partial charge in [-0.1, -0.05) is 47.5 Å². The summed E-state index contributed by atoms with van der Waals surface area (Å²) < 4.78 is 24.3. The Morgan fingerprint density at radius 1 is 0.897 bits per heavy atom. The average Bonchev–Trinajstić information content (AvgIpc) is 2.72. The first-order chi connectivity index (χ1) is 14.0. The Balaban J connectivity index is 1.57. The lowest BCUT2D eigenvalue weighted by Crippen LogP contribution is -2.16. The molecule has 0 spiro atoms. The molecule has 1 N–H and O–H groups in total. The van der Waals surface area contributed by atoms with Gasteiger partial charge in [-0.15, -0.1) is 0 Å². The van der Waals surface area contributed by atoms with Crippen LogP contribution in [0.2, 0.25) is 10.0 Å². The highest BCUT2D eigenvalue weighted by Crippen LogP contribution is 2.37. The second kappa shape index (κ2) is 10.5. The van der Waals surface area contributed by atoms with Crippen LogP contribution in [0.5, 0.6) is 11.5 Å². The van der Waals surface area contributed by atoms with Gasteiger partial charge in [-0.05, 0) is 66.1 Å². The summed E-state index contributed by atoms with van der Waals surface area (Å²) >= 11 is 12.3. The number of benzene rings is 3. The fraction of sp³-hybridized carbons (Fsp3) is 0.217. The van der Waals surface area contributed by atoms with E-state index in [4.69, 9.17) is 32.7 Å². The molecule has 0 aromatic heterocycles. The van der Waals surface area contributed by atoms with E-state index in [0.717, 1.165) is 29.7 Å². The molecule has 0 aliphatic rings. The molecule has 3 rings (SSSR count). The van der Waals surface area contributed by atoms with Crippen LogP contribution in [-0.2, 0) is 19.6 Å². The van der Waals surface area contributed by atoms with Gasteiger partial charge in [0.2, 0.25) is 0 Å². The van der Waals surface area contributed by atoms with E-state index in [1.807, 2.05) is 36.4 Å². The van der Waals surface area contributed by atoms with Crippen molar-refractivity contribution in [3.05, 3.63) is 93.2 Å². The van der Waals surface area contributed by atoms with Crippen LogP contribution in [0.25, 0.3) is 0 Å². The third-order valence-electron chi connectivity index (χ3n) is 4.42. The zero-order chi connectivity index (χ0) is 20.6. The number of hydrogen-bond acceptors (Lipinski definition) is 3. The number of nitrogens with one attached hydrogen (secondary N) is 1. The van der Waals surface area contributed by atoms with Crippen molar-refractivity contribution in [2.24, 2.45) is 0 Å². The molecule has 3 aromatic carbocycles. The van der Waals surface area contributed by atoms with E-state index in [0.29, 0.717) is 34.7 Å². The first-order valence-corrected chi connectivity index (χ1v) is 9.99. The molecular formula is C23H22Cl2FNO2. The summed E-state index contributed by atoms with van der Waals surface area (Å²) in [5, 5.41) is 4.54. The highest BCUT2D eigenvalue weighted by Gasteiger charge is 2.12. The maximum atomic E-state index is 13.0. The quantitative estimate of drug-likeness (QED) is 0.416. The van der Waals surface area contributed by atoms with Gasteiger partial charge in [0.15, 0.2) is 11.5 Å². The lowest BCUT2D eigenvalue weighted by atomic mass is 10.1. The molecular weight excluding hydrogens is 412 g/mol.